The molecule has 1 aromatic rings. The maximum absolute atomic E-state index is 12.5. The standard InChI is InChI=1S/C19H25F3N2O3/c1-2-27-23-17(9-12-25)16-5-3-14(4-6-16)13-15-7-10-24(11-8-15)18(26)19(20,21)22/h3-6,15,25H,2,7-13H2,1H3. The summed E-state index contributed by atoms with van der Waals surface area (Å²) in [5.74, 6) is -1.49. The molecular weight excluding hydrogens is 361 g/mol. The summed E-state index contributed by atoms with van der Waals surface area (Å²) in [4.78, 5) is 17.2. The fourth-order valence-electron chi connectivity index (χ4n) is 3.18. The highest BCUT2D eigenvalue weighted by Gasteiger charge is 2.43. The van der Waals surface area contributed by atoms with E-state index in [1.54, 1.807) is 0 Å². The number of benzene rings is 1. The second-order valence-corrected chi connectivity index (χ2v) is 6.56. The molecule has 1 heterocycles. The van der Waals surface area contributed by atoms with Gasteiger partial charge in [0.25, 0.3) is 0 Å². The van der Waals surface area contributed by atoms with Crippen molar-refractivity contribution >= 4 is 11.6 Å². The summed E-state index contributed by atoms with van der Waals surface area (Å²) in [6, 6.07) is 7.74. The number of amides is 1. The Morgan fingerprint density at radius 3 is 2.41 bits per heavy atom. The molecule has 8 heteroatoms. The Bertz CT molecular complexity index is 637. The Hall–Kier alpha value is -2.09. The zero-order valence-corrected chi connectivity index (χ0v) is 15.3. The normalized spacial score (nSPS) is 16.5. The summed E-state index contributed by atoms with van der Waals surface area (Å²) < 4.78 is 37.5. The number of rotatable bonds is 7. The van der Waals surface area contributed by atoms with Crippen molar-refractivity contribution in [1.29, 1.82) is 0 Å². The summed E-state index contributed by atoms with van der Waals surface area (Å²) in [5, 5.41) is 13.2. The largest absolute Gasteiger partial charge is 0.471 e. The average molecular weight is 386 g/mol. The van der Waals surface area contributed by atoms with Crippen molar-refractivity contribution < 1.29 is 27.9 Å². The monoisotopic (exact) mass is 386 g/mol. The van der Waals surface area contributed by atoms with Crippen molar-refractivity contribution in [1.82, 2.24) is 4.90 Å². The lowest BCUT2D eigenvalue weighted by atomic mass is 9.89. The fourth-order valence-corrected chi connectivity index (χ4v) is 3.18. The van der Waals surface area contributed by atoms with Crippen LogP contribution in [0.5, 0.6) is 0 Å². The topological polar surface area (TPSA) is 62.1 Å². The maximum Gasteiger partial charge on any atom is 0.471 e. The first-order chi connectivity index (χ1) is 12.8. The quantitative estimate of drug-likeness (QED) is 0.578. The molecule has 1 aliphatic rings. The second kappa shape index (κ2) is 9.73. The molecule has 0 aliphatic carbocycles. The van der Waals surface area contributed by atoms with Crippen LogP contribution in [0.3, 0.4) is 0 Å². The van der Waals surface area contributed by atoms with Crippen LogP contribution in [-0.2, 0) is 16.1 Å². The molecule has 1 saturated heterocycles. The number of likely N-dealkylation sites (tertiary alicyclic amines) is 1. The molecule has 0 atom stereocenters. The van der Waals surface area contributed by atoms with Gasteiger partial charge >= 0.3 is 12.1 Å². The van der Waals surface area contributed by atoms with Crippen LogP contribution in [0.15, 0.2) is 29.4 Å². The van der Waals surface area contributed by atoms with Crippen molar-refractivity contribution in [2.24, 2.45) is 11.1 Å². The van der Waals surface area contributed by atoms with Gasteiger partial charge in [0.15, 0.2) is 0 Å². The molecule has 1 amide bonds. The molecule has 2 rings (SSSR count). The summed E-state index contributed by atoms with van der Waals surface area (Å²) in [5.41, 5.74) is 2.62. The highest BCUT2D eigenvalue weighted by molar-refractivity contribution is 6.00. The van der Waals surface area contributed by atoms with Gasteiger partial charge in [-0.25, -0.2) is 0 Å². The molecule has 5 nitrogen and oxygen atoms in total. The van der Waals surface area contributed by atoms with Gasteiger partial charge in [0.1, 0.15) is 6.61 Å². The van der Waals surface area contributed by atoms with E-state index in [0.717, 1.165) is 22.4 Å². The Labute approximate surface area is 156 Å². The molecule has 27 heavy (non-hydrogen) atoms. The third kappa shape index (κ3) is 6.23. The Morgan fingerprint density at radius 1 is 1.26 bits per heavy atom. The van der Waals surface area contributed by atoms with Gasteiger partial charge in [-0.2, -0.15) is 13.2 Å². The van der Waals surface area contributed by atoms with Crippen LogP contribution in [0.25, 0.3) is 0 Å². The Kier molecular flexibility index (Phi) is 7.65. The molecule has 150 valence electrons. The molecule has 0 bridgehead atoms. The van der Waals surface area contributed by atoms with Crippen molar-refractivity contribution in [3.05, 3.63) is 35.4 Å². The van der Waals surface area contributed by atoms with Crippen LogP contribution in [0.4, 0.5) is 13.2 Å². The first-order valence-corrected chi connectivity index (χ1v) is 9.10. The molecule has 1 fully saturated rings. The minimum Gasteiger partial charge on any atom is -0.396 e. The average Bonchev–Trinajstić information content (AvgIpc) is 2.65. The minimum absolute atomic E-state index is 0.0249. The summed E-state index contributed by atoms with van der Waals surface area (Å²) in [6.07, 6.45) is -2.52. The van der Waals surface area contributed by atoms with Crippen LogP contribution in [0, 0.1) is 5.92 Å². The number of halogens is 3. The van der Waals surface area contributed by atoms with Crippen molar-refractivity contribution in [3.8, 4) is 0 Å². The van der Waals surface area contributed by atoms with Crippen molar-refractivity contribution in [2.45, 2.75) is 38.8 Å². The molecule has 0 radical (unpaired) electrons. The van der Waals surface area contributed by atoms with Gasteiger partial charge in [0, 0.05) is 26.1 Å². The molecule has 0 spiro atoms. The number of carbonyl (C=O) groups is 1. The number of oxime groups is 1. The van der Waals surface area contributed by atoms with E-state index in [-0.39, 0.29) is 25.6 Å². The predicted molar refractivity (Wildman–Crippen MR) is 95.4 cm³/mol. The van der Waals surface area contributed by atoms with Gasteiger partial charge in [0.05, 0.1) is 5.71 Å². The summed E-state index contributed by atoms with van der Waals surface area (Å²) in [7, 11) is 0. The van der Waals surface area contributed by atoms with Gasteiger partial charge in [0.2, 0.25) is 0 Å². The van der Waals surface area contributed by atoms with Crippen LogP contribution < -0.4 is 0 Å². The van der Waals surface area contributed by atoms with Crippen LogP contribution in [0.1, 0.15) is 37.3 Å². The lowest BCUT2D eigenvalue weighted by molar-refractivity contribution is -0.186. The van der Waals surface area contributed by atoms with E-state index in [1.807, 2.05) is 31.2 Å². The van der Waals surface area contributed by atoms with Gasteiger partial charge in [-0.3, -0.25) is 4.79 Å². The third-order valence-electron chi connectivity index (χ3n) is 4.61. The van der Waals surface area contributed by atoms with Gasteiger partial charge in [-0.1, -0.05) is 29.4 Å². The Balaban J connectivity index is 1.91. The molecule has 1 N–H and O–H groups in total. The number of hydrogen-bond acceptors (Lipinski definition) is 4. The number of aliphatic hydroxyl groups is 1. The first-order valence-electron chi connectivity index (χ1n) is 9.10. The number of alkyl halides is 3. The minimum atomic E-state index is -4.79. The number of carbonyl (C=O) groups excluding carboxylic acids is 1. The number of piperidine rings is 1. The smallest absolute Gasteiger partial charge is 0.396 e. The zero-order chi connectivity index (χ0) is 19.9. The number of hydrogen-bond donors (Lipinski definition) is 1. The highest BCUT2D eigenvalue weighted by Crippen LogP contribution is 2.26. The molecular formula is C19H25F3N2O3. The lowest BCUT2D eigenvalue weighted by Crippen LogP contribution is -2.45. The molecule has 1 aromatic carbocycles. The Morgan fingerprint density at radius 2 is 1.89 bits per heavy atom. The van der Waals surface area contributed by atoms with Gasteiger partial charge < -0.3 is 14.8 Å². The summed E-state index contributed by atoms with van der Waals surface area (Å²) in [6.45, 7) is 2.54. The number of nitrogens with zero attached hydrogens (tertiary/aromatic N) is 2. The second-order valence-electron chi connectivity index (χ2n) is 6.56. The maximum atomic E-state index is 12.5. The van der Waals surface area contributed by atoms with E-state index in [9.17, 15) is 18.0 Å². The first kappa shape index (κ1) is 21.2. The zero-order valence-electron chi connectivity index (χ0n) is 15.3. The van der Waals surface area contributed by atoms with E-state index >= 15 is 0 Å². The molecule has 0 unspecified atom stereocenters. The van der Waals surface area contributed by atoms with E-state index in [0.29, 0.717) is 31.6 Å². The van der Waals surface area contributed by atoms with Crippen molar-refractivity contribution in [3.63, 3.8) is 0 Å². The molecule has 1 aliphatic heterocycles. The van der Waals surface area contributed by atoms with Gasteiger partial charge in [-0.15, -0.1) is 0 Å². The van der Waals surface area contributed by atoms with E-state index in [4.69, 9.17) is 9.94 Å². The van der Waals surface area contributed by atoms with E-state index in [1.165, 1.54) is 0 Å². The van der Waals surface area contributed by atoms with Crippen LogP contribution in [-0.4, -0.2) is 54.1 Å². The molecule has 0 aromatic heterocycles. The van der Waals surface area contributed by atoms with E-state index < -0.39 is 12.1 Å². The highest BCUT2D eigenvalue weighted by atomic mass is 19.4. The van der Waals surface area contributed by atoms with Crippen LogP contribution in [0.2, 0.25) is 0 Å². The predicted octanol–water partition coefficient (Wildman–Crippen LogP) is 3.15. The fraction of sp³-hybridized carbons (Fsp3) is 0.579. The van der Waals surface area contributed by atoms with Gasteiger partial charge in [-0.05, 0) is 43.2 Å². The summed E-state index contributed by atoms with van der Waals surface area (Å²) >= 11 is 0. The SMILES string of the molecule is CCON=C(CCO)c1ccc(CC2CCN(C(=O)C(F)(F)F)CC2)cc1. The lowest BCUT2D eigenvalue weighted by Gasteiger charge is -2.32. The van der Waals surface area contributed by atoms with E-state index in [2.05, 4.69) is 5.16 Å². The number of aliphatic hydroxyl groups excluding tert-OH is 1. The third-order valence-corrected chi connectivity index (χ3v) is 4.61. The van der Waals surface area contributed by atoms with Crippen LogP contribution >= 0.6 is 0 Å². The van der Waals surface area contributed by atoms with Crippen molar-refractivity contribution in [2.75, 3.05) is 26.3 Å². The molecule has 0 saturated carbocycles.